The molecule has 4 nitrogen and oxygen atoms in total. The standard InChI is InChI=1S/C14H15F2N3O/c1-20-11-5-10(7-18-8-11)13(19-17)6-9-3-2-4-12(15)14(9)16/h2-5,7-8,13,19H,6,17H2,1H3. The molecule has 1 aromatic heterocycles. The summed E-state index contributed by atoms with van der Waals surface area (Å²) in [5.74, 6) is 4.34. The maximum atomic E-state index is 13.7. The monoisotopic (exact) mass is 279 g/mol. The molecule has 1 heterocycles. The zero-order valence-electron chi connectivity index (χ0n) is 10.9. The van der Waals surface area contributed by atoms with Gasteiger partial charge in [0.2, 0.25) is 0 Å². The number of nitrogens with one attached hydrogen (secondary N) is 1. The highest BCUT2D eigenvalue weighted by Crippen LogP contribution is 2.22. The summed E-state index contributed by atoms with van der Waals surface area (Å²) in [6.45, 7) is 0. The van der Waals surface area contributed by atoms with Gasteiger partial charge in [0.15, 0.2) is 11.6 Å². The van der Waals surface area contributed by atoms with Gasteiger partial charge >= 0.3 is 0 Å². The number of nitrogens with two attached hydrogens (primary N) is 1. The zero-order valence-corrected chi connectivity index (χ0v) is 10.9. The third kappa shape index (κ3) is 3.09. The van der Waals surface area contributed by atoms with Crippen molar-refractivity contribution < 1.29 is 13.5 Å². The van der Waals surface area contributed by atoms with Crippen molar-refractivity contribution in [3.8, 4) is 5.75 Å². The van der Waals surface area contributed by atoms with Crippen molar-refractivity contribution in [2.45, 2.75) is 12.5 Å². The molecule has 20 heavy (non-hydrogen) atoms. The summed E-state index contributed by atoms with van der Waals surface area (Å²) in [4.78, 5) is 4.02. The molecule has 1 unspecified atom stereocenters. The molecule has 0 bridgehead atoms. The predicted octanol–water partition coefficient (Wildman–Crippen LogP) is 2.12. The van der Waals surface area contributed by atoms with Crippen molar-refractivity contribution in [3.63, 3.8) is 0 Å². The number of hydrogen-bond acceptors (Lipinski definition) is 4. The molecule has 0 aliphatic heterocycles. The molecule has 0 saturated carbocycles. The van der Waals surface area contributed by atoms with Gasteiger partial charge in [-0.3, -0.25) is 16.3 Å². The second kappa shape index (κ2) is 6.40. The maximum absolute atomic E-state index is 13.7. The molecule has 0 spiro atoms. The van der Waals surface area contributed by atoms with Gasteiger partial charge in [0, 0.05) is 6.20 Å². The predicted molar refractivity (Wildman–Crippen MR) is 70.9 cm³/mol. The van der Waals surface area contributed by atoms with Crippen LogP contribution in [-0.2, 0) is 6.42 Å². The molecule has 6 heteroatoms. The maximum Gasteiger partial charge on any atom is 0.162 e. The lowest BCUT2D eigenvalue weighted by atomic mass is 10.00. The molecule has 1 aromatic carbocycles. The number of ether oxygens (including phenoxy) is 1. The van der Waals surface area contributed by atoms with Gasteiger partial charge in [0.1, 0.15) is 5.75 Å². The van der Waals surface area contributed by atoms with Crippen LogP contribution in [0, 0.1) is 11.6 Å². The largest absolute Gasteiger partial charge is 0.495 e. The normalized spacial score (nSPS) is 12.2. The summed E-state index contributed by atoms with van der Waals surface area (Å²) < 4.78 is 31.9. The Bertz CT molecular complexity index is 592. The number of hydrazine groups is 1. The van der Waals surface area contributed by atoms with Crippen LogP contribution in [0.2, 0.25) is 0 Å². The van der Waals surface area contributed by atoms with Crippen molar-refractivity contribution >= 4 is 0 Å². The van der Waals surface area contributed by atoms with Crippen LogP contribution in [0.5, 0.6) is 5.75 Å². The topological polar surface area (TPSA) is 60.2 Å². The molecule has 3 N–H and O–H groups in total. The van der Waals surface area contributed by atoms with Crippen LogP contribution < -0.4 is 16.0 Å². The van der Waals surface area contributed by atoms with E-state index < -0.39 is 17.7 Å². The number of methoxy groups -OCH3 is 1. The summed E-state index contributed by atoms with van der Waals surface area (Å²) in [6.07, 6.45) is 3.36. The summed E-state index contributed by atoms with van der Waals surface area (Å²) in [5.41, 5.74) is 3.56. The van der Waals surface area contributed by atoms with Crippen molar-refractivity contribution in [2.24, 2.45) is 5.84 Å². The van der Waals surface area contributed by atoms with E-state index in [0.29, 0.717) is 5.75 Å². The molecule has 106 valence electrons. The molecule has 2 aromatic rings. The molecule has 0 saturated heterocycles. The number of nitrogens with zero attached hydrogens (tertiary/aromatic N) is 1. The first-order valence-electron chi connectivity index (χ1n) is 6.03. The van der Waals surface area contributed by atoms with E-state index in [-0.39, 0.29) is 12.0 Å². The van der Waals surface area contributed by atoms with Gasteiger partial charge < -0.3 is 4.74 Å². The minimum Gasteiger partial charge on any atom is -0.495 e. The van der Waals surface area contributed by atoms with E-state index >= 15 is 0 Å². The third-order valence-electron chi connectivity index (χ3n) is 3.03. The number of pyridine rings is 1. The van der Waals surface area contributed by atoms with E-state index in [1.54, 1.807) is 18.5 Å². The molecule has 1 atom stereocenters. The Kier molecular flexibility index (Phi) is 4.60. The highest BCUT2D eigenvalue weighted by Gasteiger charge is 2.16. The lowest BCUT2D eigenvalue weighted by Crippen LogP contribution is -2.30. The minimum atomic E-state index is -0.873. The van der Waals surface area contributed by atoms with E-state index in [1.807, 2.05) is 0 Å². The van der Waals surface area contributed by atoms with Gasteiger partial charge in [0.05, 0.1) is 19.3 Å². The van der Waals surface area contributed by atoms with Gasteiger partial charge in [-0.05, 0) is 29.7 Å². The van der Waals surface area contributed by atoms with Crippen LogP contribution in [0.1, 0.15) is 17.2 Å². The highest BCUT2D eigenvalue weighted by molar-refractivity contribution is 5.28. The van der Waals surface area contributed by atoms with Crippen LogP contribution in [0.25, 0.3) is 0 Å². The van der Waals surface area contributed by atoms with E-state index in [1.165, 1.54) is 19.2 Å². The third-order valence-corrected chi connectivity index (χ3v) is 3.03. The molecule has 2 rings (SSSR count). The number of halogens is 2. The van der Waals surface area contributed by atoms with E-state index in [0.717, 1.165) is 11.6 Å². The molecule has 0 radical (unpaired) electrons. The fraction of sp³-hybridized carbons (Fsp3) is 0.214. The Hall–Kier alpha value is -2.05. The second-order valence-corrected chi connectivity index (χ2v) is 4.29. The zero-order chi connectivity index (χ0) is 14.5. The van der Waals surface area contributed by atoms with Gasteiger partial charge in [0.25, 0.3) is 0 Å². The lowest BCUT2D eigenvalue weighted by molar-refractivity contribution is 0.410. The lowest BCUT2D eigenvalue weighted by Gasteiger charge is -2.17. The first-order chi connectivity index (χ1) is 9.65. The fourth-order valence-electron chi connectivity index (χ4n) is 1.94. The smallest absolute Gasteiger partial charge is 0.162 e. The second-order valence-electron chi connectivity index (χ2n) is 4.29. The SMILES string of the molecule is COc1cncc(C(Cc2cccc(F)c2F)NN)c1. The van der Waals surface area contributed by atoms with Crippen LogP contribution in [-0.4, -0.2) is 12.1 Å². The Labute approximate surface area is 115 Å². The quantitative estimate of drug-likeness (QED) is 0.650. The number of hydrogen-bond donors (Lipinski definition) is 2. The first-order valence-corrected chi connectivity index (χ1v) is 6.03. The Balaban J connectivity index is 2.26. The molecule has 0 aliphatic rings. The summed E-state index contributed by atoms with van der Waals surface area (Å²) >= 11 is 0. The van der Waals surface area contributed by atoms with Crippen LogP contribution in [0.3, 0.4) is 0 Å². The molecule has 0 amide bonds. The average Bonchev–Trinajstić information content (AvgIpc) is 2.49. The van der Waals surface area contributed by atoms with Crippen LogP contribution >= 0.6 is 0 Å². The molecular formula is C14H15F2N3O. The van der Waals surface area contributed by atoms with E-state index in [4.69, 9.17) is 10.6 Å². The van der Waals surface area contributed by atoms with Crippen LogP contribution in [0.15, 0.2) is 36.7 Å². The number of aromatic nitrogens is 1. The van der Waals surface area contributed by atoms with E-state index in [9.17, 15) is 8.78 Å². The average molecular weight is 279 g/mol. The first kappa shape index (κ1) is 14.4. The molecule has 0 fully saturated rings. The molecule has 0 aliphatic carbocycles. The van der Waals surface area contributed by atoms with Gasteiger partial charge in [-0.1, -0.05) is 12.1 Å². The highest BCUT2D eigenvalue weighted by atomic mass is 19.2. The van der Waals surface area contributed by atoms with Crippen molar-refractivity contribution in [2.75, 3.05) is 7.11 Å². The summed E-state index contributed by atoms with van der Waals surface area (Å²) in [6, 6.07) is 5.42. The fourth-order valence-corrected chi connectivity index (χ4v) is 1.94. The summed E-state index contributed by atoms with van der Waals surface area (Å²) in [5, 5.41) is 0. The van der Waals surface area contributed by atoms with Crippen molar-refractivity contribution in [3.05, 3.63) is 59.4 Å². The van der Waals surface area contributed by atoms with E-state index in [2.05, 4.69) is 10.4 Å². The summed E-state index contributed by atoms with van der Waals surface area (Å²) in [7, 11) is 1.53. The van der Waals surface area contributed by atoms with Gasteiger partial charge in [-0.15, -0.1) is 0 Å². The van der Waals surface area contributed by atoms with Crippen LogP contribution in [0.4, 0.5) is 8.78 Å². The van der Waals surface area contributed by atoms with Gasteiger partial charge in [-0.25, -0.2) is 8.78 Å². The molecular weight excluding hydrogens is 264 g/mol. The van der Waals surface area contributed by atoms with Crippen molar-refractivity contribution in [1.29, 1.82) is 0 Å². The number of rotatable bonds is 5. The Morgan fingerprint density at radius 3 is 2.85 bits per heavy atom. The van der Waals surface area contributed by atoms with Crippen molar-refractivity contribution in [1.82, 2.24) is 10.4 Å². The minimum absolute atomic E-state index is 0.203. The van der Waals surface area contributed by atoms with Gasteiger partial charge in [-0.2, -0.15) is 0 Å². The Morgan fingerprint density at radius 2 is 2.15 bits per heavy atom. The number of benzene rings is 1. The Morgan fingerprint density at radius 1 is 1.35 bits per heavy atom.